The minimum absolute atomic E-state index is 0.129. The first-order valence-corrected chi connectivity index (χ1v) is 6.11. The van der Waals surface area contributed by atoms with E-state index in [0.717, 1.165) is 19.4 Å². The largest absolute Gasteiger partial charge is 0.464 e. The van der Waals surface area contributed by atoms with E-state index in [4.69, 9.17) is 15.0 Å². The van der Waals surface area contributed by atoms with Crippen molar-refractivity contribution in [2.75, 3.05) is 19.8 Å². The molecule has 3 N–H and O–H groups in total. The number of nitrogens with two attached hydrogens (primary N) is 1. The van der Waals surface area contributed by atoms with Crippen LogP contribution in [0.25, 0.3) is 0 Å². The molecule has 0 bridgehead atoms. The van der Waals surface area contributed by atoms with Crippen molar-refractivity contribution in [3.63, 3.8) is 0 Å². The lowest BCUT2D eigenvalue weighted by Gasteiger charge is -2.21. The minimum atomic E-state index is -0.274. The number of rotatable bonds is 5. The fourth-order valence-electron chi connectivity index (χ4n) is 2.64. The molecular formula is C11H19BN2O3. The second-order valence-corrected chi connectivity index (χ2v) is 4.63. The first-order valence-electron chi connectivity index (χ1n) is 6.11. The van der Waals surface area contributed by atoms with E-state index in [2.05, 4.69) is 11.9 Å². The summed E-state index contributed by atoms with van der Waals surface area (Å²) < 4.78 is 11.0. The lowest BCUT2D eigenvalue weighted by Crippen LogP contribution is -2.41. The van der Waals surface area contributed by atoms with Gasteiger partial charge in [0.2, 0.25) is 5.91 Å². The molecule has 2 unspecified atom stereocenters. The number of amides is 1. The maximum Gasteiger partial charge on any atom is 0.464 e. The molecule has 1 amide bonds. The molecule has 0 aromatic carbocycles. The monoisotopic (exact) mass is 238 g/mol. The predicted molar refractivity (Wildman–Crippen MR) is 65.3 cm³/mol. The Bertz CT molecular complexity index is 294. The summed E-state index contributed by atoms with van der Waals surface area (Å²) in [7, 11) is -0.207. The van der Waals surface area contributed by atoms with Gasteiger partial charge in [0.15, 0.2) is 0 Å². The molecule has 2 aliphatic heterocycles. The summed E-state index contributed by atoms with van der Waals surface area (Å²) in [6.45, 7) is 5.93. The normalized spacial score (nSPS) is 30.5. The van der Waals surface area contributed by atoms with Crippen LogP contribution in [0, 0.1) is 5.92 Å². The molecule has 17 heavy (non-hydrogen) atoms. The number of carbonyl (C=O) groups is 1. The summed E-state index contributed by atoms with van der Waals surface area (Å²) in [6, 6.07) is -0.223. The second-order valence-electron chi connectivity index (χ2n) is 4.63. The van der Waals surface area contributed by atoms with Crippen LogP contribution in [0.15, 0.2) is 12.7 Å². The highest BCUT2D eigenvalue weighted by Gasteiger charge is 2.38. The minimum Gasteiger partial charge on any atom is -0.408 e. The van der Waals surface area contributed by atoms with Crippen LogP contribution in [0.5, 0.6) is 0 Å². The standard InChI is InChI=1S/C11H19BN2O3/c1-2-9(12-16-5-6-17-12)7-8-3-4-14-10(8)11(13)15/h2,8-10,14H,1,3-7H2,(H2,13,15)/t8?,9?,10-/m0/s1. The van der Waals surface area contributed by atoms with Crippen molar-refractivity contribution in [2.45, 2.75) is 24.7 Å². The van der Waals surface area contributed by atoms with Crippen molar-refractivity contribution in [3.8, 4) is 0 Å². The summed E-state index contributed by atoms with van der Waals surface area (Å²) in [4.78, 5) is 11.3. The van der Waals surface area contributed by atoms with Gasteiger partial charge >= 0.3 is 7.12 Å². The number of nitrogens with one attached hydrogen (secondary N) is 1. The number of hydrogen-bond acceptors (Lipinski definition) is 4. The van der Waals surface area contributed by atoms with Crippen molar-refractivity contribution in [3.05, 3.63) is 12.7 Å². The molecule has 0 aliphatic carbocycles. The Kier molecular flexibility index (Phi) is 4.20. The number of allylic oxidation sites excluding steroid dienone is 1. The third-order valence-corrected chi connectivity index (χ3v) is 3.53. The topological polar surface area (TPSA) is 73.6 Å². The zero-order valence-electron chi connectivity index (χ0n) is 9.93. The molecule has 2 heterocycles. The lowest BCUT2D eigenvalue weighted by molar-refractivity contribution is -0.120. The zero-order chi connectivity index (χ0) is 12.3. The Morgan fingerprint density at radius 1 is 1.59 bits per heavy atom. The van der Waals surface area contributed by atoms with Gasteiger partial charge < -0.3 is 20.4 Å². The fraction of sp³-hybridized carbons (Fsp3) is 0.727. The van der Waals surface area contributed by atoms with E-state index in [9.17, 15) is 4.79 Å². The molecule has 0 aromatic heterocycles. The maximum atomic E-state index is 11.3. The van der Waals surface area contributed by atoms with Gasteiger partial charge in [-0.15, -0.1) is 6.58 Å². The average Bonchev–Trinajstić information content (AvgIpc) is 2.96. The Balaban J connectivity index is 1.93. The van der Waals surface area contributed by atoms with Crippen LogP contribution in [0.2, 0.25) is 5.82 Å². The molecule has 3 atom stereocenters. The predicted octanol–water partition coefficient (Wildman–Crippen LogP) is -0.0689. The lowest BCUT2D eigenvalue weighted by atomic mass is 9.67. The van der Waals surface area contributed by atoms with E-state index in [1.54, 1.807) is 0 Å². The van der Waals surface area contributed by atoms with Crippen LogP contribution in [0.3, 0.4) is 0 Å². The Hall–Kier alpha value is -0.845. The maximum absolute atomic E-state index is 11.3. The molecular weight excluding hydrogens is 219 g/mol. The third-order valence-electron chi connectivity index (χ3n) is 3.53. The first kappa shape index (κ1) is 12.6. The Labute approximate surface area is 102 Å². The van der Waals surface area contributed by atoms with Crippen LogP contribution < -0.4 is 11.1 Å². The highest BCUT2D eigenvalue weighted by molar-refractivity contribution is 6.47. The molecule has 6 heteroatoms. The second kappa shape index (κ2) is 5.66. The molecule has 0 radical (unpaired) electrons. The van der Waals surface area contributed by atoms with Gasteiger partial charge in [-0.2, -0.15) is 0 Å². The number of primary amides is 1. The van der Waals surface area contributed by atoms with Crippen molar-refractivity contribution in [2.24, 2.45) is 11.7 Å². The zero-order valence-corrected chi connectivity index (χ0v) is 9.93. The summed E-state index contributed by atoms with van der Waals surface area (Å²) >= 11 is 0. The van der Waals surface area contributed by atoms with Crippen molar-refractivity contribution in [1.29, 1.82) is 0 Å². The van der Waals surface area contributed by atoms with E-state index >= 15 is 0 Å². The van der Waals surface area contributed by atoms with Gasteiger partial charge in [0, 0.05) is 5.82 Å². The van der Waals surface area contributed by atoms with Gasteiger partial charge in [-0.05, 0) is 25.3 Å². The average molecular weight is 238 g/mol. The van der Waals surface area contributed by atoms with Gasteiger partial charge in [0.05, 0.1) is 19.3 Å². The Morgan fingerprint density at radius 2 is 2.29 bits per heavy atom. The van der Waals surface area contributed by atoms with Gasteiger partial charge in [0.25, 0.3) is 0 Å². The van der Waals surface area contributed by atoms with E-state index < -0.39 is 0 Å². The number of carbonyl (C=O) groups excluding carboxylic acids is 1. The smallest absolute Gasteiger partial charge is 0.408 e. The molecule has 2 rings (SSSR count). The molecule has 2 fully saturated rings. The first-order chi connectivity index (χ1) is 8.22. The SMILES string of the molecule is C=CC(CC1CCN[C@@H]1C(N)=O)B1OCCO1. The Morgan fingerprint density at radius 3 is 2.88 bits per heavy atom. The molecule has 5 nitrogen and oxygen atoms in total. The van der Waals surface area contributed by atoms with Crippen LogP contribution in [0.4, 0.5) is 0 Å². The fourth-order valence-corrected chi connectivity index (χ4v) is 2.64. The summed E-state index contributed by atoms with van der Waals surface area (Å²) in [5.74, 6) is 0.108. The van der Waals surface area contributed by atoms with Crippen molar-refractivity contribution >= 4 is 13.0 Å². The van der Waals surface area contributed by atoms with Crippen LogP contribution in [-0.4, -0.2) is 38.8 Å². The molecule has 0 spiro atoms. The van der Waals surface area contributed by atoms with E-state index in [0.29, 0.717) is 13.2 Å². The van der Waals surface area contributed by atoms with E-state index in [1.165, 1.54) is 0 Å². The van der Waals surface area contributed by atoms with Gasteiger partial charge in [-0.25, -0.2) is 0 Å². The molecule has 2 saturated heterocycles. The van der Waals surface area contributed by atoms with Crippen molar-refractivity contribution in [1.82, 2.24) is 5.32 Å². The van der Waals surface area contributed by atoms with Crippen LogP contribution >= 0.6 is 0 Å². The van der Waals surface area contributed by atoms with Gasteiger partial charge in [-0.1, -0.05) is 6.08 Å². The number of hydrogen-bond donors (Lipinski definition) is 2. The summed E-state index contributed by atoms with van der Waals surface area (Å²) in [6.07, 6.45) is 3.64. The van der Waals surface area contributed by atoms with Gasteiger partial charge in [-0.3, -0.25) is 4.79 Å². The third kappa shape index (κ3) is 2.88. The van der Waals surface area contributed by atoms with Crippen molar-refractivity contribution < 1.29 is 14.1 Å². The highest BCUT2D eigenvalue weighted by Crippen LogP contribution is 2.31. The van der Waals surface area contributed by atoms with E-state index in [-0.39, 0.29) is 30.8 Å². The summed E-state index contributed by atoms with van der Waals surface area (Å²) in [5.41, 5.74) is 5.37. The summed E-state index contributed by atoms with van der Waals surface area (Å²) in [5, 5.41) is 3.14. The molecule has 94 valence electrons. The molecule has 0 aromatic rings. The quantitative estimate of drug-likeness (QED) is 0.519. The van der Waals surface area contributed by atoms with Gasteiger partial charge in [0.1, 0.15) is 0 Å². The molecule has 2 aliphatic rings. The van der Waals surface area contributed by atoms with Crippen LogP contribution in [-0.2, 0) is 14.1 Å². The molecule has 0 saturated carbocycles. The highest BCUT2D eigenvalue weighted by atomic mass is 16.6. The van der Waals surface area contributed by atoms with E-state index in [1.807, 2.05) is 6.08 Å². The van der Waals surface area contributed by atoms with Crippen LogP contribution in [0.1, 0.15) is 12.8 Å².